The molecule has 4 nitrogen and oxygen atoms in total. The van der Waals surface area contributed by atoms with Crippen molar-refractivity contribution in [3.8, 4) is 0 Å². The highest BCUT2D eigenvalue weighted by Crippen LogP contribution is 2.17. The Labute approximate surface area is 97.7 Å². The maximum absolute atomic E-state index is 11.4. The molecular weight excluding hydrogens is 230 g/mol. The van der Waals surface area contributed by atoms with Crippen molar-refractivity contribution in [3.63, 3.8) is 0 Å². The van der Waals surface area contributed by atoms with Crippen molar-refractivity contribution >= 4 is 23.6 Å². The van der Waals surface area contributed by atoms with Crippen molar-refractivity contribution in [3.05, 3.63) is 35.9 Å². The summed E-state index contributed by atoms with van der Waals surface area (Å²) in [4.78, 5) is 23.5. The van der Waals surface area contributed by atoms with E-state index in [0.29, 0.717) is 0 Å². The summed E-state index contributed by atoms with van der Waals surface area (Å²) < 4.78 is 4.96. The minimum Gasteiger partial charge on any atom is -0.444 e. The lowest BCUT2D eigenvalue weighted by Gasteiger charge is -2.31. The highest BCUT2D eigenvalue weighted by molar-refractivity contribution is 6.34. The number of carbonyl (C=O) groups is 2. The molecule has 0 spiro atoms. The van der Waals surface area contributed by atoms with Gasteiger partial charge in [0, 0.05) is 0 Å². The lowest BCUT2D eigenvalue weighted by molar-refractivity contribution is -0.136. The van der Waals surface area contributed by atoms with Crippen LogP contribution in [0.25, 0.3) is 0 Å². The van der Waals surface area contributed by atoms with Crippen LogP contribution in [-0.4, -0.2) is 28.8 Å². The predicted octanol–water partition coefficient (Wildman–Crippen LogP) is 1.77. The van der Waals surface area contributed by atoms with Crippen LogP contribution in [0.3, 0.4) is 0 Å². The molecular formula is C11H10ClNO3. The second-order valence-corrected chi connectivity index (χ2v) is 3.98. The van der Waals surface area contributed by atoms with Crippen LogP contribution in [0.1, 0.15) is 5.56 Å². The second kappa shape index (κ2) is 4.53. The summed E-state index contributed by atoms with van der Waals surface area (Å²) in [6.45, 7) is 0.393. The van der Waals surface area contributed by atoms with Crippen LogP contribution in [0.5, 0.6) is 0 Å². The third kappa shape index (κ3) is 2.17. The van der Waals surface area contributed by atoms with Gasteiger partial charge >= 0.3 is 6.09 Å². The number of imide groups is 1. The molecule has 1 unspecified atom stereocenters. The molecule has 1 aliphatic rings. The fraction of sp³-hybridized carbons (Fsp3) is 0.273. The first-order chi connectivity index (χ1) is 7.68. The van der Waals surface area contributed by atoms with E-state index in [1.165, 1.54) is 0 Å². The fourth-order valence-electron chi connectivity index (χ4n) is 1.35. The summed E-state index contributed by atoms with van der Waals surface area (Å²) in [5.74, 6) is -0.389. The van der Waals surface area contributed by atoms with Crippen LogP contribution in [0, 0.1) is 0 Å². The van der Waals surface area contributed by atoms with E-state index in [0.717, 1.165) is 10.5 Å². The third-order valence-corrected chi connectivity index (χ3v) is 2.63. The molecule has 16 heavy (non-hydrogen) atoms. The van der Waals surface area contributed by atoms with Gasteiger partial charge in [0.15, 0.2) is 0 Å². The van der Waals surface area contributed by atoms with Gasteiger partial charge < -0.3 is 4.74 Å². The SMILES string of the molecule is O=C(OCc1ccccc1)N1CC(Cl)C1=O. The van der Waals surface area contributed by atoms with Gasteiger partial charge in [0.25, 0.3) is 5.91 Å². The van der Waals surface area contributed by atoms with E-state index in [4.69, 9.17) is 16.3 Å². The van der Waals surface area contributed by atoms with Gasteiger partial charge in [0.1, 0.15) is 12.0 Å². The molecule has 0 aromatic heterocycles. The molecule has 1 fully saturated rings. The van der Waals surface area contributed by atoms with E-state index in [-0.39, 0.29) is 19.1 Å². The van der Waals surface area contributed by atoms with Crippen molar-refractivity contribution in [2.75, 3.05) is 6.54 Å². The summed E-state index contributed by atoms with van der Waals surface area (Å²) in [5.41, 5.74) is 0.881. The Balaban J connectivity index is 1.83. The number of amides is 2. The maximum Gasteiger partial charge on any atom is 0.416 e. The molecule has 1 aromatic rings. The standard InChI is InChI=1S/C11H10ClNO3/c12-9-6-13(10(9)14)11(15)16-7-8-4-2-1-3-5-8/h1-5,9H,6-7H2. The molecule has 0 N–H and O–H groups in total. The Morgan fingerprint density at radius 1 is 1.44 bits per heavy atom. The largest absolute Gasteiger partial charge is 0.444 e. The zero-order chi connectivity index (χ0) is 11.5. The molecule has 2 rings (SSSR count). The molecule has 1 heterocycles. The average Bonchev–Trinajstić information content (AvgIpc) is 2.33. The summed E-state index contributed by atoms with van der Waals surface area (Å²) in [6, 6.07) is 9.27. The number of rotatable bonds is 2. The van der Waals surface area contributed by atoms with Gasteiger partial charge in [-0.05, 0) is 5.56 Å². The van der Waals surface area contributed by atoms with Crippen molar-refractivity contribution in [1.29, 1.82) is 0 Å². The van der Waals surface area contributed by atoms with Crippen LogP contribution >= 0.6 is 11.6 Å². The lowest BCUT2D eigenvalue weighted by atomic mass is 10.2. The Morgan fingerprint density at radius 3 is 2.69 bits per heavy atom. The normalized spacial score (nSPS) is 19.2. The second-order valence-electron chi connectivity index (χ2n) is 3.46. The Morgan fingerprint density at radius 2 is 2.12 bits per heavy atom. The van der Waals surface area contributed by atoms with Crippen molar-refractivity contribution < 1.29 is 14.3 Å². The summed E-state index contributed by atoms with van der Waals surface area (Å²) in [5, 5.41) is -0.579. The molecule has 5 heteroatoms. The predicted molar refractivity (Wildman–Crippen MR) is 58.0 cm³/mol. The Kier molecular flexibility index (Phi) is 3.10. The minimum absolute atomic E-state index is 0.163. The van der Waals surface area contributed by atoms with E-state index in [9.17, 15) is 9.59 Å². The van der Waals surface area contributed by atoms with E-state index >= 15 is 0 Å². The summed E-state index contributed by atoms with van der Waals surface area (Å²) >= 11 is 5.56. The zero-order valence-corrected chi connectivity index (χ0v) is 9.18. The number of ether oxygens (including phenoxy) is 1. The first kappa shape index (κ1) is 11.0. The maximum atomic E-state index is 11.4. The smallest absolute Gasteiger partial charge is 0.416 e. The number of carbonyl (C=O) groups excluding carboxylic acids is 2. The molecule has 1 aliphatic heterocycles. The number of hydrogen-bond donors (Lipinski definition) is 0. The third-order valence-electron chi connectivity index (χ3n) is 2.30. The highest BCUT2D eigenvalue weighted by atomic mass is 35.5. The number of halogens is 1. The summed E-state index contributed by atoms with van der Waals surface area (Å²) in [7, 11) is 0. The topological polar surface area (TPSA) is 46.6 Å². The van der Waals surface area contributed by atoms with Crippen LogP contribution in [0.15, 0.2) is 30.3 Å². The molecule has 0 radical (unpaired) electrons. The van der Waals surface area contributed by atoms with Crippen molar-refractivity contribution in [2.45, 2.75) is 12.0 Å². The first-order valence-electron chi connectivity index (χ1n) is 4.84. The molecule has 2 amide bonds. The molecule has 1 aromatic carbocycles. The van der Waals surface area contributed by atoms with Crippen LogP contribution in [0.4, 0.5) is 4.79 Å². The number of benzene rings is 1. The van der Waals surface area contributed by atoms with Gasteiger partial charge in [0.2, 0.25) is 0 Å². The summed E-state index contributed by atoms with van der Waals surface area (Å²) in [6.07, 6.45) is -0.634. The van der Waals surface area contributed by atoms with Gasteiger partial charge in [-0.2, -0.15) is 0 Å². The van der Waals surface area contributed by atoms with Gasteiger partial charge in [-0.3, -0.25) is 4.79 Å². The van der Waals surface area contributed by atoms with Crippen molar-refractivity contribution in [1.82, 2.24) is 4.90 Å². The first-order valence-corrected chi connectivity index (χ1v) is 5.28. The van der Waals surface area contributed by atoms with E-state index in [1.54, 1.807) is 0 Å². The average molecular weight is 240 g/mol. The number of likely N-dealkylation sites (tertiary alicyclic amines) is 1. The number of hydrogen-bond acceptors (Lipinski definition) is 3. The van der Waals surface area contributed by atoms with E-state index < -0.39 is 11.5 Å². The lowest BCUT2D eigenvalue weighted by Crippen LogP contribution is -2.56. The van der Waals surface area contributed by atoms with Crippen molar-refractivity contribution in [2.24, 2.45) is 0 Å². The van der Waals surface area contributed by atoms with Crippen LogP contribution in [-0.2, 0) is 16.1 Å². The van der Waals surface area contributed by atoms with Crippen LogP contribution in [0.2, 0.25) is 0 Å². The Bertz CT molecular complexity index is 407. The fourth-order valence-corrected chi connectivity index (χ4v) is 1.60. The van der Waals surface area contributed by atoms with E-state index in [2.05, 4.69) is 0 Å². The molecule has 1 saturated heterocycles. The number of alkyl halides is 1. The zero-order valence-electron chi connectivity index (χ0n) is 8.43. The molecule has 84 valence electrons. The van der Waals surface area contributed by atoms with Gasteiger partial charge in [-0.25, -0.2) is 9.69 Å². The number of nitrogens with zero attached hydrogens (tertiary/aromatic N) is 1. The van der Waals surface area contributed by atoms with Gasteiger partial charge in [-0.1, -0.05) is 30.3 Å². The molecule has 0 saturated carbocycles. The van der Waals surface area contributed by atoms with Crippen LogP contribution < -0.4 is 0 Å². The monoisotopic (exact) mass is 239 g/mol. The molecule has 1 atom stereocenters. The number of β-lactam (4-membered cyclic amide) rings is 1. The molecule has 0 bridgehead atoms. The highest BCUT2D eigenvalue weighted by Gasteiger charge is 2.40. The Hall–Kier alpha value is -1.55. The molecule has 0 aliphatic carbocycles. The van der Waals surface area contributed by atoms with Gasteiger partial charge in [0.05, 0.1) is 6.54 Å². The quantitative estimate of drug-likeness (QED) is 0.584. The van der Waals surface area contributed by atoms with E-state index in [1.807, 2.05) is 30.3 Å². The minimum atomic E-state index is -0.634. The van der Waals surface area contributed by atoms with Gasteiger partial charge in [-0.15, -0.1) is 11.6 Å².